The van der Waals surface area contributed by atoms with E-state index in [-0.39, 0.29) is 5.56 Å². The van der Waals surface area contributed by atoms with Crippen LogP contribution in [0.5, 0.6) is 5.75 Å². The highest BCUT2D eigenvalue weighted by molar-refractivity contribution is 5.94. The molecule has 0 unspecified atom stereocenters. The molecule has 6 heteroatoms. The Hall–Kier alpha value is -3.15. The summed E-state index contributed by atoms with van der Waals surface area (Å²) in [5.74, 6) is 0.520. The normalized spacial score (nSPS) is 10.5. The number of benzene rings is 2. The number of aromatic nitrogens is 2. The third-order valence-corrected chi connectivity index (χ3v) is 3.49. The number of rotatable bonds is 3. The molecule has 1 N–H and O–H groups in total. The van der Waals surface area contributed by atoms with E-state index in [1.165, 1.54) is 13.2 Å². The van der Waals surface area contributed by atoms with Gasteiger partial charge < -0.3 is 14.5 Å². The van der Waals surface area contributed by atoms with Crippen molar-refractivity contribution in [1.29, 1.82) is 0 Å². The number of ether oxygens (including phenoxy) is 2. The van der Waals surface area contributed by atoms with Gasteiger partial charge in [-0.2, -0.15) is 0 Å². The lowest BCUT2D eigenvalue weighted by molar-refractivity contribution is 0.0601. The number of hydrogen-bond acceptors (Lipinski definition) is 5. The van der Waals surface area contributed by atoms with E-state index < -0.39 is 5.97 Å². The molecule has 3 aromatic rings. The summed E-state index contributed by atoms with van der Waals surface area (Å²) in [6, 6.07) is 11.9. The summed E-state index contributed by atoms with van der Waals surface area (Å²) in [5, 5.41) is 0.326. The van der Waals surface area contributed by atoms with Crippen molar-refractivity contribution in [3.05, 3.63) is 58.4 Å². The second kappa shape index (κ2) is 5.92. The van der Waals surface area contributed by atoms with E-state index in [0.29, 0.717) is 33.6 Å². The summed E-state index contributed by atoms with van der Waals surface area (Å²) in [5.41, 5.74) is 1.15. The van der Waals surface area contributed by atoms with E-state index in [0.717, 1.165) is 0 Å². The third-order valence-electron chi connectivity index (χ3n) is 3.49. The van der Waals surface area contributed by atoms with Gasteiger partial charge in [0.1, 0.15) is 11.6 Å². The topological polar surface area (TPSA) is 81.3 Å². The summed E-state index contributed by atoms with van der Waals surface area (Å²) >= 11 is 0. The van der Waals surface area contributed by atoms with Crippen LogP contribution in [-0.4, -0.2) is 30.2 Å². The molecule has 0 saturated heterocycles. The monoisotopic (exact) mass is 310 g/mol. The number of H-pyrrole nitrogens is 1. The first-order valence-corrected chi connectivity index (χ1v) is 6.90. The SMILES string of the molecule is COC(=O)c1ccc2nc(-c3ccccc3OC)[nH]c(=O)c2c1. The van der Waals surface area contributed by atoms with E-state index in [9.17, 15) is 9.59 Å². The minimum Gasteiger partial charge on any atom is -0.496 e. The molecule has 0 amide bonds. The van der Waals surface area contributed by atoms with Crippen molar-refractivity contribution in [3.63, 3.8) is 0 Å². The lowest BCUT2D eigenvalue weighted by Crippen LogP contribution is -2.11. The van der Waals surface area contributed by atoms with Crippen LogP contribution >= 0.6 is 0 Å². The Morgan fingerprint density at radius 2 is 1.91 bits per heavy atom. The molecule has 0 atom stereocenters. The number of methoxy groups -OCH3 is 2. The van der Waals surface area contributed by atoms with Gasteiger partial charge in [-0.15, -0.1) is 0 Å². The van der Waals surface area contributed by atoms with Crippen LogP contribution in [0.4, 0.5) is 0 Å². The molecule has 3 rings (SSSR count). The zero-order valence-electron chi connectivity index (χ0n) is 12.6. The summed E-state index contributed by atoms with van der Waals surface area (Å²) < 4.78 is 9.95. The van der Waals surface area contributed by atoms with E-state index in [1.54, 1.807) is 25.3 Å². The first-order valence-electron chi connectivity index (χ1n) is 6.90. The van der Waals surface area contributed by atoms with Crippen LogP contribution in [0, 0.1) is 0 Å². The molecule has 0 bridgehead atoms. The van der Waals surface area contributed by atoms with Gasteiger partial charge in [0.25, 0.3) is 5.56 Å². The summed E-state index contributed by atoms with van der Waals surface area (Å²) in [4.78, 5) is 31.1. The van der Waals surface area contributed by atoms with Crippen LogP contribution in [0.2, 0.25) is 0 Å². The minimum atomic E-state index is -0.500. The molecule has 0 aliphatic rings. The van der Waals surface area contributed by atoms with Crippen molar-refractivity contribution in [2.75, 3.05) is 14.2 Å². The van der Waals surface area contributed by atoms with E-state index in [2.05, 4.69) is 14.7 Å². The zero-order chi connectivity index (χ0) is 16.4. The Bertz CT molecular complexity index is 947. The molecule has 2 aromatic carbocycles. The van der Waals surface area contributed by atoms with E-state index in [1.807, 2.05) is 18.2 Å². The van der Waals surface area contributed by atoms with Crippen LogP contribution in [0.1, 0.15) is 10.4 Å². The predicted octanol–water partition coefficient (Wildman–Crippen LogP) is 2.39. The Labute approximate surface area is 131 Å². The Morgan fingerprint density at radius 3 is 2.65 bits per heavy atom. The standard InChI is InChI=1S/C17H14N2O4/c1-22-14-6-4-3-5-11(14)15-18-13-8-7-10(17(21)23-2)9-12(13)16(20)19-15/h3-9H,1-2H3,(H,18,19,20). The van der Waals surface area contributed by atoms with E-state index >= 15 is 0 Å². The molecular weight excluding hydrogens is 296 g/mol. The van der Waals surface area contributed by atoms with Crippen LogP contribution in [-0.2, 0) is 4.74 Å². The molecule has 1 heterocycles. The molecule has 0 aliphatic carbocycles. The molecule has 0 aliphatic heterocycles. The first-order chi connectivity index (χ1) is 11.1. The van der Waals surface area contributed by atoms with Gasteiger partial charge in [0.15, 0.2) is 0 Å². The third kappa shape index (κ3) is 2.66. The van der Waals surface area contributed by atoms with Gasteiger partial charge in [-0.05, 0) is 30.3 Å². The van der Waals surface area contributed by atoms with Gasteiger partial charge in [0.2, 0.25) is 0 Å². The van der Waals surface area contributed by atoms with Crippen molar-refractivity contribution in [1.82, 2.24) is 9.97 Å². The lowest BCUT2D eigenvalue weighted by atomic mass is 10.1. The number of nitrogens with one attached hydrogen (secondary N) is 1. The lowest BCUT2D eigenvalue weighted by Gasteiger charge is -2.08. The van der Waals surface area contributed by atoms with Gasteiger partial charge >= 0.3 is 5.97 Å². The maximum atomic E-state index is 12.3. The van der Waals surface area contributed by atoms with Crippen LogP contribution in [0.3, 0.4) is 0 Å². The minimum absolute atomic E-state index is 0.303. The van der Waals surface area contributed by atoms with Crippen molar-refractivity contribution in [2.24, 2.45) is 0 Å². The van der Waals surface area contributed by atoms with Crippen molar-refractivity contribution in [3.8, 4) is 17.1 Å². The molecular formula is C17H14N2O4. The molecule has 116 valence electrons. The number of esters is 1. The number of fused-ring (bicyclic) bond motifs is 1. The summed E-state index contributed by atoms with van der Waals surface area (Å²) in [6.07, 6.45) is 0. The van der Waals surface area contributed by atoms with Gasteiger partial charge in [-0.3, -0.25) is 4.79 Å². The smallest absolute Gasteiger partial charge is 0.337 e. The fraction of sp³-hybridized carbons (Fsp3) is 0.118. The highest BCUT2D eigenvalue weighted by Crippen LogP contribution is 2.27. The average molecular weight is 310 g/mol. The predicted molar refractivity (Wildman–Crippen MR) is 85.7 cm³/mol. The molecule has 0 saturated carbocycles. The number of aromatic amines is 1. The molecule has 0 radical (unpaired) electrons. The second-order valence-electron chi connectivity index (χ2n) is 4.84. The quantitative estimate of drug-likeness (QED) is 0.751. The van der Waals surface area contributed by atoms with Gasteiger partial charge in [-0.1, -0.05) is 12.1 Å². The Morgan fingerprint density at radius 1 is 1.13 bits per heavy atom. The van der Waals surface area contributed by atoms with Gasteiger partial charge in [0, 0.05) is 0 Å². The highest BCUT2D eigenvalue weighted by atomic mass is 16.5. The summed E-state index contributed by atoms with van der Waals surface area (Å²) in [7, 11) is 2.85. The van der Waals surface area contributed by atoms with Crippen molar-refractivity contribution >= 4 is 16.9 Å². The largest absolute Gasteiger partial charge is 0.496 e. The number of para-hydroxylation sites is 1. The van der Waals surface area contributed by atoms with Crippen LogP contribution in [0.15, 0.2) is 47.3 Å². The number of nitrogens with zero attached hydrogens (tertiary/aromatic N) is 1. The average Bonchev–Trinajstić information content (AvgIpc) is 2.60. The van der Waals surface area contributed by atoms with Gasteiger partial charge in [0.05, 0.1) is 36.2 Å². The fourth-order valence-electron chi connectivity index (χ4n) is 2.35. The van der Waals surface area contributed by atoms with Crippen molar-refractivity contribution in [2.45, 2.75) is 0 Å². The molecule has 1 aromatic heterocycles. The first kappa shape index (κ1) is 14.8. The number of carbonyl (C=O) groups is 1. The fourth-order valence-corrected chi connectivity index (χ4v) is 2.35. The molecule has 0 fully saturated rings. The molecule has 23 heavy (non-hydrogen) atoms. The molecule has 6 nitrogen and oxygen atoms in total. The molecule has 0 spiro atoms. The van der Waals surface area contributed by atoms with Crippen LogP contribution < -0.4 is 10.3 Å². The van der Waals surface area contributed by atoms with E-state index in [4.69, 9.17) is 4.74 Å². The van der Waals surface area contributed by atoms with Crippen LogP contribution in [0.25, 0.3) is 22.3 Å². The number of carbonyl (C=O) groups excluding carboxylic acids is 1. The summed E-state index contributed by atoms with van der Waals surface area (Å²) in [6.45, 7) is 0. The second-order valence-corrected chi connectivity index (χ2v) is 4.84. The maximum absolute atomic E-state index is 12.3. The maximum Gasteiger partial charge on any atom is 0.337 e. The Balaban J connectivity index is 2.19. The highest BCUT2D eigenvalue weighted by Gasteiger charge is 2.12. The number of hydrogen-bond donors (Lipinski definition) is 1. The Kier molecular flexibility index (Phi) is 3.80. The van der Waals surface area contributed by atoms with Crippen molar-refractivity contribution < 1.29 is 14.3 Å². The zero-order valence-corrected chi connectivity index (χ0v) is 12.6. The van der Waals surface area contributed by atoms with Gasteiger partial charge in [-0.25, -0.2) is 9.78 Å².